The highest BCUT2D eigenvalue weighted by molar-refractivity contribution is 6.32. The molecule has 1 N–H and O–H groups in total. The molecule has 5 rings (SSSR count). The second kappa shape index (κ2) is 12.8. The average molecular weight is 577 g/mol. The van der Waals surface area contributed by atoms with Gasteiger partial charge in [0.2, 0.25) is 5.91 Å². The van der Waals surface area contributed by atoms with Gasteiger partial charge in [0, 0.05) is 51.6 Å². The second-order valence-corrected chi connectivity index (χ2v) is 11.6. The SMILES string of the molecule is COCCCc1cc(CCCOC)c(Cl)c(CN(C(=O)C2CNCCC23OCc2cc(F)c(F)cc23)C2CC2)c1. The summed E-state index contributed by atoms with van der Waals surface area (Å²) in [6, 6.07) is 6.85. The van der Waals surface area contributed by atoms with Crippen LogP contribution in [0.15, 0.2) is 24.3 Å². The molecular weight excluding hydrogens is 538 g/mol. The van der Waals surface area contributed by atoms with Gasteiger partial charge in [-0.05, 0) is 91.4 Å². The summed E-state index contributed by atoms with van der Waals surface area (Å²) >= 11 is 6.98. The van der Waals surface area contributed by atoms with Crippen LogP contribution in [0, 0.1) is 17.6 Å². The van der Waals surface area contributed by atoms with Gasteiger partial charge in [-0.15, -0.1) is 0 Å². The lowest BCUT2D eigenvalue weighted by Gasteiger charge is -2.43. The van der Waals surface area contributed by atoms with Gasteiger partial charge in [-0.2, -0.15) is 0 Å². The highest BCUT2D eigenvalue weighted by Crippen LogP contribution is 2.48. The maximum Gasteiger partial charge on any atom is 0.230 e. The molecule has 2 unspecified atom stereocenters. The van der Waals surface area contributed by atoms with Crippen LogP contribution in [-0.2, 0) is 50.6 Å². The Morgan fingerprint density at radius 2 is 1.77 bits per heavy atom. The van der Waals surface area contributed by atoms with Gasteiger partial charge in [-0.25, -0.2) is 8.78 Å². The fourth-order valence-corrected chi connectivity index (χ4v) is 6.54. The van der Waals surface area contributed by atoms with Crippen LogP contribution in [0.2, 0.25) is 5.02 Å². The van der Waals surface area contributed by atoms with Crippen LogP contribution < -0.4 is 5.32 Å². The van der Waals surface area contributed by atoms with Crippen molar-refractivity contribution in [2.24, 2.45) is 5.92 Å². The van der Waals surface area contributed by atoms with Gasteiger partial charge in [0.15, 0.2) is 11.6 Å². The molecule has 2 atom stereocenters. The maximum absolute atomic E-state index is 14.4. The lowest BCUT2D eigenvalue weighted by molar-refractivity contribution is -0.157. The van der Waals surface area contributed by atoms with Gasteiger partial charge < -0.3 is 24.4 Å². The number of halogens is 3. The molecule has 9 heteroatoms. The fourth-order valence-electron chi connectivity index (χ4n) is 6.28. The minimum absolute atomic E-state index is 0.0333. The molecular formula is C31H39ClF2N2O4. The zero-order chi connectivity index (χ0) is 28.3. The molecule has 1 spiro atoms. The van der Waals surface area contributed by atoms with E-state index in [2.05, 4.69) is 17.4 Å². The fraction of sp³-hybridized carbons (Fsp3) is 0.581. The number of carbonyl (C=O) groups excluding carboxylic acids is 1. The number of fused-ring (bicyclic) bond motifs is 2. The first kappa shape index (κ1) is 29.4. The summed E-state index contributed by atoms with van der Waals surface area (Å²) in [5.41, 5.74) is 3.41. The third kappa shape index (κ3) is 6.07. The Morgan fingerprint density at radius 1 is 1.07 bits per heavy atom. The second-order valence-electron chi connectivity index (χ2n) is 11.2. The third-order valence-corrected chi connectivity index (χ3v) is 8.96. The Balaban J connectivity index is 1.44. The number of nitrogens with one attached hydrogen (secondary N) is 1. The van der Waals surface area contributed by atoms with Crippen LogP contribution in [0.4, 0.5) is 8.78 Å². The van der Waals surface area contributed by atoms with Gasteiger partial charge in [-0.1, -0.05) is 23.7 Å². The highest BCUT2D eigenvalue weighted by atomic mass is 35.5. The summed E-state index contributed by atoms with van der Waals surface area (Å²) in [7, 11) is 3.39. The molecule has 1 saturated heterocycles. The van der Waals surface area contributed by atoms with Crippen LogP contribution in [0.1, 0.15) is 59.9 Å². The van der Waals surface area contributed by atoms with E-state index >= 15 is 0 Å². The summed E-state index contributed by atoms with van der Waals surface area (Å²) in [5, 5.41) is 4.04. The Labute approximate surface area is 240 Å². The van der Waals surface area contributed by atoms with E-state index in [1.54, 1.807) is 14.2 Å². The van der Waals surface area contributed by atoms with Gasteiger partial charge in [-0.3, -0.25) is 4.79 Å². The van der Waals surface area contributed by atoms with E-state index in [0.717, 1.165) is 49.7 Å². The van der Waals surface area contributed by atoms with Crippen molar-refractivity contribution in [3.8, 4) is 0 Å². The Kier molecular flexibility index (Phi) is 9.42. The van der Waals surface area contributed by atoms with Crippen molar-refractivity contribution in [2.45, 2.75) is 69.7 Å². The monoisotopic (exact) mass is 576 g/mol. The van der Waals surface area contributed by atoms with E-state index in [4.69, 9.17) is 25.8 Å². The highest BCUT2D eigenvalue weighted by Gasteiger charge is 2.53. The van der Waals surface area contributed by atoms with E-state index in [1.807, 2.05) is 4.90 Å². The lowest BCUT2D eigenvalue weighted by Crippen LogP contribution is -2.55. The maximum atomic E-state index is 14.4. The molecule has 0 bridgehead atoms. The standard InChI is InChI=1S/C31H39ClF2N2O4/c1-38-11-3-5-20-13-21(6-4-12-39-2)29(32)22(14-20)18-36(24-7-8-24)30(37)26-17-35-10-9-31(26)25-16-28(34)27(33)15-23(25)19-40-31/h13-16,24,26,35H,3-12,17-19H2,1-2H3. The zero-order valence-corrected chi connectivity index (χ0v) is 24.1. The molecule has 1 saturated carbocycles. The summed E-state index contributed by atoms with van der Waals surface area (Å²) in [6.07, 6.45) is 5.77. The van der Waals surface area contributed by atoms with E-state index in [0.29, 0.717) is 55.4 Å². The molecule has 0 radical (unpaired) electrons. The first-order chi connectivity index (χ1) is 19.4. The van der Waals surface area contributed by atoms with Crippen LogP contribution in [0.3, 0.4) is 0 Å². The van der Waals surface area contributed by atoms with Crippen molar-refractivity contribution in [2.75, 3.05) is 40.5 Å². The summed E-state index contributed by atoms with van der Waals surface area (Å²) in [6.45, 7) is 2.93. The number of nitrogens with zero attached hydrogens (tertiary/aromatic N) is 1. The van der Waals surface area contributed by atoms with Crippen LogP contribution >= 0.6 is 11.6 Å². The largest absolute Gasteiger partial charge is 0.385 e. The van der Waals surface area contributed by atoms with Crippen molar-refractivity contribution in [1.82, 2.24) is 10.2 Å². The zero-order valence-electron chi connectivity index (χ0n) is 23.4. The number of carbonyl (C=O) groups is 1. The molecule has 0 aromatic heterocycles. The number of hydrogen-bond donors (Lipinski definition) is 1. The normalized spacial score (nSPS) is 22.1. The Bertz CT molecular complexity index is 1220. The quantitative estimate of drug-likeness (QED) is 0.347. The first-order valence-electron chi connectivity index (χ1n) is 14.3. The topological polar surface area (TPSA) is 60.0 Å². The summed E-state index contributed by atoms with van der Waals surface area (Å²) in [5.74, 6) is -2.39. The van der Waals surface area contributed by atoms with Crippen molar-refractivity contribution < 1.29 is 27.8 Å². The van der Waals surface area contributed by atoms with E-state index < -0.39 is 23.2 Å². The van der Waals surface area contributed by atoms with Gasteiger partial charge in [0.25, 0.3) is 0 Å². The first-order valence-corrected chi connectivity index (χ1v) is 14.7. The number of rotatable bonds is 12. The average Bonchev–Trinajstić information content (AvgIpc) is 3.74. The van der Waals surface area contributed by atoms with Crippen LogP contribution in [0.25, 0.3) is 0 Å². The van der Waals surface area contributed by atoms with Crippen molar-refractivity contribution in [1.29, 1.82) is 0 Å². The molecule has 2 heterocycles. The predicted octanol–water partition coefficient (Wildman–Crippen LogP) is 5.30. The van der Waals surface area contributed by atoms with Crippen molar-refractivity contribution in [3.63, 3.8) is 0 Å². The number of amides is 1. The molecule has 2 aliphatic heterocycles. The third-order valence-electron chi connectivity index (χ3n) is 8.47. The molecule has 1 aliphatic carbocycles. The number of piperidine rings is 1. The number of hydrogen-bond acceptors (Lipinski definition) is 5. The molecule has 3 aliphatic rings. The van der Waals surface area contributed by atoms with E-state index in [1.165, 1.54) is 17.7 Å². The van der Waals surface area contributed by atoms with Crippen LogP contribution in [-0.4, -0.2) is 57.4 Å². The van der Waals surface area contributed by atoms with Gasteiger partial charge >= 0.3 is 0 Å². The Morgan fingerprint density at radius 3 is 2.50 bits per heavy atom. The van der Waals surface area contributed by atoms with Gasteiger partial charge in [0.05, 0.1) is 12.5 Å². The molecule has 2 fully saturated rings. The number of methoxy groups -OCH3 is 2. The number of ether oxygens (including phenoxy) is 3. The molecule has 6 nitrogen and oxygen atoms in total. The minimum Gasteiger partial charge on any atom is -0.385 e. The summed E-state index contributed by atoms with van der Waals surface area (Å²) in [4.78, 5) is 16.3. The molecule has 2 aromatic carbocycles. The van der Waals surface area contributed by atoms with Gasteiger partial charge in [0.1, 0.15) is 5.60 Å². The molecule has 40 heavy (non-hydrogen) atoms. The Hall–Kier alpha value is -2.10. The van der Waals surface area contributed by atoms with Crippen molar-refractivity contribution in [3.05, 3.63) is 68.7 Å². The number of aryl methyl sites for hydroxylation is 2. The lowest BCUT2D eigenvalue weighted by atomic mass is 9.75. The van der Waals surface area contributed by atoms with E-state index in [-0.39, 0.29) is 18.6 Å². The molecule has 218 valence electrons. The number of benzene rings is 2. The summed E-state index contributed by atoms with van der Waals surface area (Å²) < 4.78 is 45.2. The predicted molar refractivity (Wildman–Crippen MR) is 149 cm³/mol. The van der Waals surface area contributed by atoms with E-state index in [9.17, 15) is 13.6 Å². The van der Waals surface area contributed by atoms with Crippen LogP contribution in [0.5, 0.6) is 0 Å². The molecule has 1 amide bonds. The van der Waals surface area contributed by atoms with Crippen molar-refractivity contribution >= 4 is 17.5 Å². The smallest absolute Gasteiger partial charge is 0.230 e. The molecule has 2 aromatic rings. The minimum atomic E-state index is -0.976.